The van der Waals surface area contributed by atoms with Gasteiger partial charge >= 0.3 is 0 Å². The van der Waals surface area contributed by atoms with Crippen molar-refractivity contribution in [2.75, 3.05) is 32.8 Å². The van der Waals surface area contributed by atoms with Gasteiger partial charge in [-0.3, -0.25) is 9.58 Å². The zero-order chi connectivity index (χ0) is 15.9. The van der Waals surface area contributed by atoms with Crippen LogP contribution in [0.5, 0.6) is 5.75 Å². The number of para-hydroxylation sites is 1. The van der Waals surface area contributed by atoms with Gasteiger partial charge in [-0.25, -0.2) is 4.98 Å². The van der Waals surface area contributed by atoms with E-state index < -0.39 is 6.10 Å². The lowest BCUT2D eigenvalue weighted by atomic mass is 10.2. The van der Waals surface area contributed by atoms with Gasteiger partial charge < -0.3 is 14.6 Å². The Morgan fingerprint density at radius 2 is 2.22 bits per heavy atom. The quantitative estimate of drug-likeness (QED) is 0.798. The van der Waals surface area contributed by atoms with Crippen LogP contribution in [0.25, 0.3) is 0 Å². The Hall–Kier alpha value is -1.96. The Morgan fingerprint density at radius 1 is 1.35 bits per heavy atom. The number of rotatable bonds is 7. The fraction of sp³-hybridized carbons (Fsp3) is 0.500. The molecule has 1 aromatic heterocycles. The first-order valence-electron chi connectivity index (χ1n) is 7.82. The van der Waals surface area contributed by atoms with Crippen molar-refractivity contribution in [3.63, 3.8) is 0 Å². The van der Waals surface area contributed by atoms with Gasteiger partial charge in [0, 0.05) is 19.6 Å². The average molecular weight is 318 g/mol. The molecule has 1 aliphatic heterocycles. The normalized spacial score (nSPS) is 20.3. The molecule has 7 heteroatoms. The Labute approximate surface area is 135 Å². The van der Waals surface area contributed by atoms with Crippen LogP contribution < -0.4 is 4.74 Å². The van der Waals surface area contributed by atoms with Crippen molar-refractivity contribution < 1.29 is 14.6 Å². The van der Waals surface area contributed by atoms with Crippen molar-refractivity contribution in [1.29, 1.82) is 0 Å². The van der Waals surface area contributed by atoms with E-state index in [1.165, 1.54) is 6.33 Å². The molecule has 1 aliphatic rings. The number of morpholine rings is 1. The second kappa shape index (κ2) is 8.05. The predicted octanol–water partition coefficient (Wildman–Crippen LogP) is 0.419. The van der Waals surface area contributed by atoms with Crippen LogP contribution >= 0.6 is 0 Å². The monoisotopic (exact) mass is 318 g/mol. The number of aromatic nitrogens is 3. The minimum absolute atomic E-state index is 0.0627. The van der Waals surface area contributed by atoms with Crippen molar-refractivity contribution in [3.05, 3.63) is 43.0 Å². The SMILES string of the molecule is OC(COc1ccccc1)CN1CCOC(Cn2cncn2)C1. The molecule has 0 spiro atoms. The first-order chi connectivity index (χ1) is 11.3. The Balaban J connectivity index is 1.41. The zero-order valence-corrected chi connectivity index (χ0v) is 13.0. The number of ether oxygens (including phenoxy) is 2. The standard InChI is InChI=1S/C16H22N4O3/c21-14(11-23-15-4-2-1-3-5-15)8-19-6-7-22-16(9-19)10-20-13-17-12-18-20/h1-5,12-14,16,21H,6-11H2. The largest absolute Gasteiger partial charge is 0.491 e. The van der Waals surface area contributed by atoms with Gasteiger partial charge in [0.05, 0.1) is 19.3 Å². The summed E-state index contributed by atoms with van der Waals surface area (Å²) in [5.74, 6) is 0.776. The molecule has 1 aromatic carbocycles. The molecule has 1 N–H and O–H groups in total. The van der Waals surface area contributed by atoms with Gasteiger partial charge in [-0.15, -0.1) is 0 Å². The van der Waals surface area contributed by atoms with Gasteiger partial charge in [-0.05, 0) is 12.1 Å². The summed E-state index contributed by atoms with van der Waals surface area (Å²) >= 11 is 0. The molecule has 2 aromatic rings. The van der Waals surface area contributed by atoms with Crippen LogP contribution in [0.1, 0.15) is 0 Å². The maximum Gasteiger partial charge on any atom is 0.137 e. The van der Waals surface area contributed by atoms with Crippen molar-refractivity contribution in [3.8, 4) is 5.75 Å². The summed E-state index contributed by atoms with van der Waals surface area (Å²) in [7, 11) is 0. The Kier molecular flexibility index (Phi) is 5.57. The maximum absolute atomic E-state index is 10.2. The number of hydrogen-bond acceptors (Lipinski definition) is 6. The van der Waals surface area contributed by atoms with Gasteiger partial charge in [-0.2, -0.15) is 5.10 Å². The van der Waals surface area contributed by atoms with E-state index in [4.69, 9.17) is 9.47 Å². The number of aliphatic hydroxyl groups excluding tert-OH is 1. The van der Waals surface area contributed by atoms with E-state index >= 15 is 0 Å². The highest BCUT2D eigenvalue weighted by Crippen LogP contribution is 2.10. The first-order valence-corrected chi connectivity index (χ1v) is 7.82. The van der Waals surface area contributed by atoms with Crippen LogP contribution in [-0.4, -0.2) is 69.8 Å². The molecule has 23 heavy (non-hydrogen) atoms. The molecule has 2 heterocycles. The molecule has 7 nitrogen and oxygen atoms in total. The van der Waals surface area contributed by atoms with E-state index in [9.17, 15) is 5.11 Å². The summed E-state index contributed by atoms with van der Waals surface area (Å²) in [6.45, 7) is 3.77. The highest BCUT2D eigenvalue weighted by atomic mass is 16.5. The molecule has 1 fully saturated rings. The fourth-order valence-corrected chi connectivity index (χ4v) is 2.65. The summed E-state index contributed by atoms with van der Waals surface area (Å²) in [6.07, 6.45) is 2.74. The molecule has 1 saturated heterocycles. The lowest BCUT2D eigenvalue weighted by Gasteiger charge is -2.33. The molecule has 0 saturated carbocycles. The van der Waals surface area contributed by atoms with Gasteiger partial charge in [0.25, 0.3) is 0 Å². The minimum atomic E-state index is -0.527. The molecular weight excluding hydrogens is 296 g/mol. The van der Waals surface area contributed by atoms with Gasteiger partial charge in [-0.1, -0.05) is 18.2 Å². The molecule has 0 bridgehead atoms. The van der Waals surface area contributed by atoms with Crippen molar-refractivity contribution in [1.82, 2.24) is 19.7 Å². The van der Waals surface area contributed by atoms with Crippen LogP contribution in [0.3, 0.4) is 0 Å². The van der Waals surface area contributed by atoms with Crippen molar-refractivity contribution >= 4 is 0 Å². The first kappa shape index (κ1) is 15.9. The van der Waals surface area contributed by atoms with Crippen LogP contribution in [0.2, 0.25) is 0 Å². The van der Waals surface area contributed by atoms with Gasteiger partial charge in [0.1, 0.15) is 31.1 Å². The average Bonchev–Trinajstić information content (AvgIpc) is 3.07. The lowest BCUT2D eigenvalue weighted by Crippen LogP contribution is -2.47. The highest BCUT2D eigenvalue weighted by Gasteiger charge is 2.23. The third-order valence-electron chi connectivity index (χ3n) is 3.73. The number of aliphatic hydroxyl groups is 1. The molecule has 0 radical (unpaired) electrons. The zero-order valence-electron chi connectivity index (χ0n) is 13.0. The lowest BCUT2D eigenvalue weighted by molar-refractivity contribution is -0.0517. The molecule has 2 atom stereocenters. The van der Waals surface area contributed by atoms with E-state index in [2.05, 4.69) is 15.0 Å². The summed E-state index contributed by atoms with van der Waals surface area (Å²) in [4.78, 5) is 6.13. The third-order valence-corrected chi connectivity index (χ3v) is 3.73. The van der Waals surface area contributed by atoms with E-state index in [1.54, 1.807) is 11.0 Å². The summed E-state index contributed by atoms with van der Waals surface area (Å²) in [5, 5.41) is 14.3. The van der Waals surface area contributed by atoms with Crippen molar-refractivity contribution in [2.45, 2.75) is 18.8 Å². The summed E-state index contributed by atoms with van der Waals surface area (Å²) in [6, 6.07) is 9.54. The maximum atomic E-state index is 10.2. The second-order valence-corrected chi connectivity index (χ2v) is 5.65. The second-order valence-electron chi connectivity index (χ2n) is 5.65. The van der Waals surface area contributed by atoms with Crippen LogP contribution in [0.15, 0.2) is 43.0 Å². The molecular formula is C16H22N4O3. The fourth-order valence-electron chi connectivity index (χ4n) is 2.65. The Bertz CT molecular complexity index is 564. The van der Waals surface area contributed by atoms with Crippen LogP contribution in [0, 0.1) is 0 Å². The number of benzene rings is 1. The molecule has 124 valence electrons. The predicted molar refractivity (Wildman–Crippen MR) is 84.1 cm³/mol. The third kappa shape index (κ3) is 5.02. The van der Waals surface area contributed by atoms with E-state index in [0.717, 1.165) is 18.8 Å². The number of β-amino-alcohol motifs (C(OH)–C–C–N with tert-alkyl or cyclic N) is 1. The minimum Gasteiger partial charge on any atom is -0.491 e. The van der Waals surface area contributed by atoms with E-state index in [-0.39, 0.29) is 12.7 Å². The van der Waals surface area contributed by atoms with E-state index in [1.807, 2.05) is 30.3 Å². The highest BCUT2D eigenvalue weighted by molar-refractivity contribution is 5.20. The Morgan fingerprint density at radius 3 is 3.00 bits per heavy atom. The van der Waals surface area contributed by atoms with Crippen LogP contribution in [0.4, 0.5) is 0 Å². The van der Waals surface area contributed by atoms with E-state index in [0.29, 0.717) is 19.7 Å². The summed E-state index contributed by atoms with van der Waals surface area (Å²) in [5.41, 5.74) is 0. The van der Waals surface area contributed by atoms with Gasteiger partial charge in [0.2, 0.25) is 0 Å². The van der Waals surface area contributed by atoms with Gasteiger partial charge in [0.15, 0.2) is 0 Å². The van der Waals surface area contributed by atoms with Crippen LogP contribution in [-0.2, 0) is 11.3 Å². The molecule has 0 aliphatic carbocycles. The number of nitrogens with zero attached hydrogens (tertiary/aromatic N) is 4. The summed E-state index contributed by atoms with van der Waals surface area (Å²) < 4.78 is 13.1. The topological polar surface area (TPSA) is 72.6 Å². The smallest absolute Gasteiger partial charge is 0.137 e. The van der Waals surface area contributed by atoms with Crippen molar-refractivity contribution in [2.24, 2.45) is 0 Å². The molecule has 0 amide bonds. The molecule has 3 rings (SSSR count). The number of hydrogen-bond donors (Lipinski definition) is 1. The molecule has 2 unspecified atom stereocenters.